The highest BCUT2D eigenvalue weighted by Gasteiger charge is 2.27. The van der Waals surface area contributed by atoms with Crippen LogP contribution in [0.15, 0.2) is 24.3 Å². The Morgan fingerprint density at radius 2 is 1.86 bits per heavy atom. The van der Waals surface area contributed by atoms with E-state index in [0.717, 1.165) is 24.3 Å². The fraction of sp³-hybridized carbons (Fsp3) is 0.562. The second kappa shape index (κ2) is 8.52. The first kappa shape index (κ1) is 17.3. The highest BCUT2D eigenvalue weighted by Crippen LogP contribution is 2.26. The van der Waals surface area contributed by atoms with Gasteiger partial charge >= 0.3 is 0 Å². The summed E-state index contributed by atoms with van der Waals surface area (Å²) in [6.45, 7) is 4.96. The highest BCUT2D eigenvalue weighted by atomic mass is 16.5. The Kier molecular flexibility index (Phi) is 7.02. The molecule has 1 atom stereocenters. The molecule has 21 heavy (non-hydrogen) atoms. The molecule has 0 radical (unpaired) electrons. The summed E-state index contributed by atoms with van der Waals surface area (Å²) >= 11 is 0. The van der Waals surface area contributed by atoms with Crippen LogP contribution in [0.3, 0.4) is 0 Å². The van der Waals surface area contributed by atoms with E-state index in [4.69, 9.17) is 15.2 Å². The fourth-order valence-electron chi connectivity index (χ4n) is 1.98. The van der Waals surface area contributed by atoms with Gasteiger partial charge in [0.25, 0.3) is 0 Å². The van der Waals surface area contributed by atoms with E-state index in [1.165, 1.54) is 0 Å². The molecule has 0 saturated heterocycles. The number of para-hydroxylation sites is 2. The number of hydrogen-bond donors (Lipinski definition) is 2. The summed E-state index contributed by atoms with van der Waals surface area (Å²) in [6, 6.07) is 7.63. The number of unbranched alkanes of at least 4 members (excludes halogenated alkanes) is 1. The summed E-state index contributed by atoms with van der Waals surface area (Å²) in [6.07, 6.45) is 2.40. The molecule has 118 valence electrons. The minimum Gasteiger partial charge on any atom is -0.490 e. The smallest absolute Gasteiger partial charge is 0.237 e. The molecule has 1 rings (SSSR count). The van der Waals surface area contributed by atoms with Gasteiger partial charge in [-0.25, -0.2) is 0 Å². The summed E-state index contributed by atoms with van der Waals surface area (Å²) in [5.41, 5.74) is 4.74. The maximum Gasteiger partial charge on any atom is 0.237 e. The highest BCUT2D eigenvalue weighted by molar-refractivity contribution is 5.84. The van der Waals surface area contributed by atoms with Gasteiger partial charge in [-0.1, -0.05) is 12.1 Å². The van der Waals surface area contributed by atoms with Gasteiger partial charge in [-0.3, -0.25) is 4.79 Å². The minimum atomic E-state index is -0.650. The molecule has 1 aromatic carbocycles. The predicted octanol–water partition coefficient (Wildman–Crippen LogP) is 2.10. The standard InChI is InChI=1S/C16H26N2O3/c1-4-20-13-9-5-6-10-14(13)21-12-8-7-11-16(2,18-3)15(17)19/h5-6,9-10,18H,4,7-8,11-12H2,1-3H3,(H2,17,19). The van der Waals surface area contributed by atoms with Crippen molar-refractivity contribution >= 4 is 5.91 Å². The second-order valence-electron chi connectivity index (χ2n) is 5.13. The van der Waals surface area contributed by atoms with Gasteiger partial charge in [0.05, 0.1) is 18.8 Å². The third-order valence-corrected chi connectivity index (χ3v) is 3.57. The van der Waals surface area contributed by atoms with Crippen LogP contribution < -0.4 is 20.5 Å². The van der Waals surface area contributed by atoms with Gasteiger partial charge in [-0.2, -0.15) is 0 Å². The van der Waals surface area contributed by atoms with Crippen molar-refractivity contribution in [3.8, 4) is 11.5 Å². The van der Waals surface area contributed by atoms with Gasteiger partial charge in [-0.15, -0.1) is 0 Å². The van der Waals surface area contributed by atoms with Crippen LogP contribution in [0.4, 0.5) is 0 Å². The first-order valence-electron chi connectivity index (χ1n) is 7.37. The van der Waals surface area contributed by atoms with E-state index in [9.17, 15) is 4.79 Å². The number of likely N-dealkylation sites (N-methyl/N-ethyl adjacent to an activating group) is 1. The maximum absolute atomic E-state index is 11.4. The Bertz CT molecular complexity index is 451. The van der Waals surface area contributed by atoms with Crippen molar-refractivity contribution in [2.45, 2.75) is 38.6 Å². The molecule has 0 fully saturated rings. The summed E-state index contributed by atoms with van der Waals surface area (Å²) in [5, 5.41) is 2.98. The lowest BCUT2D eigenvalue weighted by atomic mass is 9.94. The van der Waals surface area contributed by atoms with E-state index < -0.39 is 5.54 Å². The number of hydrogen-bond acceptors (Lipinski definition) is 4. The van der Waals surface area contributed by atoms with Crippen molar-refractivity contribution in [1.82, 2.24) is 5.32 Å². The number of carbonyl (C=O) groups excluding carboxylic acids is 1. The van der Waals surface area contributed by atoms with Gasteiger partial charge in [0.15, 0.2) is 11.5 Å². The quantitative estimate of drug-likeness (QED) is 0.648. The lowest BCUT2D eigenvalue weighted by molar-refractivity contribution is -0.123. The number of benzene rings is 1. The second-order valence-corrected chi connectivity index (χ2v) is 5.13. The van der Waals surface area contributed by atoms with E-state index in [-0.39, 0.29) is 5.91 Å². The van der Waals surface area contributed by atoms with Crippen LogP contribution in [0.1, 0.15) is 33.1 Å². The van der Waals surface area contributed by atoms with Crippen molar-refractivity contribution in [1.29, 1.82) is 0 Å². The Morgan fingerprint density at radius 3 is 2.38 bits per heavy atom. The van der Waals surface area contributed by atoms with Crippen LogP contribution in [0.5, 0.6) is 11.5 Å². The van der Waals surface area contributed by atoms with Gasteiger partial charge < -0.3 is 20.5 Å². The Hall–Kier alpha value is -1.75. The van der Waals surface area contributed by atoms with E-state index in [0.29, 0.717) is 19.6 Å². The molecule has 0 heterocycles. The summed E-state index contributed by atoms with van der Waals surface area (Å²) in [7, 11) is 1.75. The molecule has 5 heteroatoms. The maximum atomic E-state index is 11.4. The normalized spacial score (nSPS) is 13.5. The monoisotopic (exact) mass is 294 g/mol. The topological polar surface area (TPSA) is 73.6 Å². The number of nitrogens with one attached hydrogen (secondary N) is 1. The molecule has 0 saturated carbocycles. The van der Waals surface area contributed by atoms with Crippen molar-refractivity contribution in [2.75, 3.05) is 20.3 Å². The zero-order valence-electron chi connectivity index (χ0n) is 13.1. The van der Waals surface area contributed by atoms with Crippen molar-refractivity contribution < 1.29 is 14.3 Å². The van der Waals surface area contributed by atoms with Crippen LogP contribution in [0, 0.1) is 0 Å². The van der Waals surface area contributed by atoms with Crippen LogP contribution >= 0.6 is 0 Å². The third-order valence-electron chi connectivity index (χ3n) is 3.57. The SMILES string of the molecule is CCOc1ccccc1OCCCCC(C)(NC)C(N)=O. The number of ether oxygens (including phenoxy) is 2. The molecule has 0 spiro atoms. The molecular formula is C16H26N2O3. The third kappa shape index (κ3) is 5.27. The van der Waals surface area contributed by atoms with Crippen LogP contribution in [-0.2, 0) is 4.79 Å². The minimum absolute atomic E-state index is 0.326. The predicted molar refractivity (Wildman–Crippen MR) is 83.6 cm³/mol. The van der Waals surface area contributed by atoms with E-state index in [2.05, 4.69) is 5.32 Å². The molecule has 3 N–H and O–H groups in total. The van der Waals surface area contributed by atoms with Gasteiger partial charge in [0.1, 0.15) is 0 Å². The number of nitrogens with two attached hydrogens (primary N) is 1. The molecule has 5 nitrogen and oxygen atoms in total. The Labute approximate surface area is 126 Å². The summed E-state index contributed by atoms with van der Waals surface area (Å²) in [4.78, 5) is 11.4. The van der Waals surface area contributed by atoms with E-state index >= 15 is 0 Å². The van der Waals surface area contributed by atoms with Crippen molar-refractivity contribution in [2.24, 2.45) is 5.73 Å². The van der Waals surface area contributed by atoms with E-state index in [1.54, 1.807) is 7.05 Å². The first-order chi connectivity index (χ1) is 10.0. The molecule has 0 bridgehead atoms. The molecule has 1 amide bonds. The molecule has 0 aromatic heterocycles. The average molecular weight is 294 g/mol. The van der Waals surface area contributed by atoms with Gasteiger partial charge in [0.2, 0.25) is 5.91 Å². The van der Waals surface area contributed by atoms with Gasteiger partial charge in [-0.05, 0) is 52.3 Å². The zero-order valence-corrected chi connectivity index (χ0v) is 13.1. The molecule has 0 aliphatic carbocycles. The first-order valence-corrected chi connectivity index (χ1v) is 7.37. The lowest BCUT2D eigenvalue weighted by Crippen LogP contribution is -2.51. The largest absolute Gasteiger partial charge is 0.490 e. The van der Waals surface area contributed by atoms with Crippen molar-refractivity contribution in [3.63, 3.8) is 0 Å². The van der Waals surface area contributed by atoms with Gasteiger partial charge in [0, 0.05) is 0 Å². The number of rotatable bonds is 10. The zero-order chi connectivity index (χ0) is 15.7. The van der Waals surface area contributed by atoms with Crippen LogP contribution in [0.2, 0.25) is 0 Å². The lowest BCUT2D eigenvalue weighted by Gasteiger charge is -2.25. The molecule has 0 aliphatic heterocycles. The van der Waals surface area contributed by atoms with Crippen LogP contribution in [-0.4, -0.2) is 31.7 Å². The van der Waals surface area contributed by atoms with E-state index in [1.807, 2.05) is 38.1 Å². The Balaban J connectivity index is 2.36. The summed E-state index contributed by atoms with van der Waals surface area (Å²) < 4.78 is 11.2. The molecular weight excluding hydrogens is 268 g/mol. The molecule has 0 aliphatic rings. The fourth-order valence-corrected chi connectivity index (χ4v) is 1.98. The van der Waals surface area contributed by atoms with Crippen molar-refractivity contribution in [3.05, 3.63) is 24.3 Å². The number of primary amides is 1. The molecule has 1 unspecified atom stereocenters. The van der Waals surface area contributed by atoms with Crippen LogP contribution in [0.25, 0.3) is 0 Å². The summed E-state index contributed by atoms with van der Waals surface area (Å²) in [5.74, 6) is 1.19. The average Bonchev–Trinajstić information content (AvgIpc) is 2.48. The number of carbonyl (C=O) groups is 1. The number of amides is 1. The molecule has 1 aromatic rings. The Morgan fingerprint density at radius 1 is 1.24 bits per heavy atom.